The van der Waals surface area contributed by atoms with Crippen LogP contribution in [0.2, 0.25) is 0 Å². The zero-order valence-corrected chi connectivity index (χ0v) is 8.69. The standard InChI is InChI=1S/C10H17NO3/c1-7(12)11(2)9-5-3-4-8(6-9)10(13)14/h8-9H,3-6H2,1-2H3,(H,13,14). The van der Waals surface area contributed by atoms with Crippen LogP contribution in [0.3, 0.4) is 0 Å². The molecule has 1 rings (SSSR count). The first-order valence-electron chi connectivity index (χ1n) is 4.98. The molecule has 2 unspecified atom stereocenters. The van der Waals surface area contributed by atoms with Crippen LogP contribution in [0.25, 0.3) is 0 Å². The highest BCUT2D eigenvalue weighted by molar-refractivity contribution is 5.74. The molecule has 0 bridgehead atoms. The van der Waals surface area contributed by atoms with Crippen molar-refractivity contribution in [2.24, 2.45) is 5.92 Å². The van der Waals surface area contributed by atoms with Crippen molar-refractivity contribution < 1.29 is 14.7 Å². The topological polar surface area (TPSA) is 57.6 Å². The van der Waals surface area contributed by atoms with Crippen LogP contribution in [-0.4, -0.2) is 35.0 Å². The molecule has 0 aromatic rings. The van der Waals surface area contributed by atoms with Crippen molar-refractivity contribution in [2.75, 3.05) is 7.05 Å². The maximum absolute atomic E-state index is 11.1. The van der Waals surface area contributed by atoms with Gasteiger partial charge in [-0.25, -0.2) is 0 Å². The molecular formula is C10H17NO3. The van der Waals surface area contributed by atoms with Crippen molar-refractivity contribution in [3.05, 3.63) is 0 Å². The molecule has 0 saturated heterocycles. The van der Waals surface area contributed by atoms with Gasteiger partial charge >= 0.3 is 5.97 Å². The van der Waals surface area contributed by atoms with E-state index in [9.17, 15) is 9.59 Å². The Balaban J connectivity index is 2.55. The minimum Gasteiger partial charge on any atom is -0.481 e. The van der Waals surface area contributed by atoms with Gasteiger partial charge in [-0.15, -0.1) is 0 Å². The Morgan fingerprint density at radius 1 is 1.36 bits per heavy atom. The average Bonchev–Trinajstić information content (AvgIpc) is 2.16. The summed E-state index contributed by atoms with van der Waals surface area (Å²) in [6, 6.07) is 0.113. The molecule has 14 heavy (non-hydrogen) atoms. The lowest BCUT2D eigenvalue weighted by molar-refractivity contribution is -0.144. The Kier molecular flexibility index (Phi) is 3.49. The lowest BCUT2D eigenvalue weighted by Gasteiger charge is -2.33. The van der Waals surface area contributed by atoms with Crippen molar-refractivity contribution >= 4 is 11.9 Å². The summed E-state index contributed by atoms with van der Waals surface area (Å²) in [5, 5.41) is 8.87. The smallest absolute Gasteiger partial charge is 0.306 e. The van der Waals surface area contributed by atoms with Crippen LogP contribution >= 0.6 is 0 Å². The maximum atomic E-state index is 11.1. The second-order valence-corrected chi connectivity index (χ2v) is 3.99. The summed E-state index contributed by atoms with van der Waals surface area (Å²) in [7, 11) is 1.75. The monoisotopic (exact) mass is 199 g/mol. The molecule has 1 N–H and O–H groups in total. The predicted octanol–water partition coefficient (Wildman–Crippen LogP) is 1.11. The number of amides is 1. The highest BCUT2D eigenvalue weighted by Gasteiger charge is 2.29. The molecule has 0 aromatic heterocycles. The normalized spacial score (nSPS) is 27.0. The first kappa shape index (κ1) is 11.0. The van der Waals surface area contributed by atoms with Crippen molar-refractivity contribution in [1.29, 1.82) is 0 Å². The highest BCUT2D eigenvalue weighted by Crippen LogP contribution is 2.27. The van der Waals surface area contributed by atoms with Gasteiger partial charge in [0.05, 0.1) is 5.92 Å². The zero-order chi connectivity index (χ0) is 10.7. The summed E-state index contributed by atoms with van der Waals surface area (Å²) in [6.07, 6.45) is 3.18. The summed E-state index contributed by atoms with van der Waals surface area (Å²) in [5.74, 6) is -0.983. The number of rotatable bonds is 2. The molecule has 4 nitrogen and oxygen atoms in total. The molecule has 80 valence electrons. The predicted molar refractivity (Wildman–Crippen MR) is 51.8 cm³/mol. The molecule has 2 atom stereocenters. The number of carboxylic acid groups (broad SMARTS) is 1. The van der Waals surface area contributed by atoms with Crippen LogP contribution in [0.15, 0.2) is 0 Å². The minimum atomic E-state index is -0.730. The Labute approximate surface area is 83.9 Å². The molecule has 0 radical (unpaired) electrons. The van der Waals surface area contributed by atoms with Gasteiger partial charge in [-0.3, -0.25) is 9.59 Å². The third kappa shape index (κ3) is 2.47. The van der Waals surface area contributed by atoms with Crippen LogP contribution in [-0.2, 0) is 9.59 Å². The molecule has 0 aliphatic heterocycles. The van der Waals surface area contributed by atoms with Crippen LogP contribution in [0.1, 0.15) is 32.6 Å². The van der Waals surface area contributed by atoms with E-state index in [0.717, 1.165) is 19.3 Å². The number of nitrogens with zero attached hydrogens (tertiary/aromatic N) is 1. The van der Waals surface area contributed by atoms with Gasteiger partial charge in [-0.2, -0.15) is 0 Å². The van der Waals surface area contributed by atoms with E-state index >= 15 is 0 Å². The third-order valence-corrected chi connectivity index (χ3v) is 3.04. The Bertz CT molecular complexity index is 228. The summed E-state index contributed by atoms with van der Waals surface area (Å²) in [5.41, 5.74) is 0. The fraction of sp³-hybridized carbons (Fsp3) is 0.800. The van der Waals surface area contributed by atoms with Crippen molar-refractivity contribution in [2.45, 2.75) is 38.6 Å². The molecule has 0 heterocycles. The van der Waals surface area contributed by atoms with E-state index < -0.39 is 5.97 Å². The maximum Gasteiger partial charge on any atom is 0.306 e. The van der Waals surface area contributed by atoms with Gasteiger partial charge in [-0.05, 0) is 19.3 Å². The van der Waals surface area contributed by atoms with Gasteiger partial charge in [0, 0.05) is 20.0 Å². The molecule has 4 heteroatoms. The molecule has 1 aliphatic carbocycles. The van der Waals surface area contributed by atoms with E-state index in [4.69, 9.17) is 5.11 Å². The van der Waals surface area contributed by atoms with Crippen LogP contribution in [0, 0.1) is 5.92 Å². The number of carbonyl (C=O) groups excluding carboxylic acids is 1. The quantitative estimate of drug-likeness (QED) is 0.724. The van der Waals surface area contributed by atoms with Gasteiger partial charge < -0.3 is 10.0 Å². The average molecular weight is 199 g/mol. The number of hydrogen-bond acceptors (Lipinski definition) is 2. The second-order valence-electron chi connectivity index (χ2n) is 3.99. The van der Waals surface area contributed by atoms with Crippen LogP contribution in [0.5, 0.6) is 0 Å². The van der Waals surface area contributed by atoms with Crippen LogP contribution < -0.4 is 0 Å². The van der Waals surface area contributed by atoms with Gasteiger partial charge in [0.1, 0.15) is 0 Å². The van der Waals surface area contributed by atoms with Gasteiger partial charge in [-0.1, -0.05) is 6.42 Å². The van der Waals surface area contributed by atoms with E-state index in [1.807, 2.05) is 0 Å². The number of carboxylic acids is 1. The van der Waals surface area contributed by atoms with E-state index in [1.54, 1.807) is 11.9 Å². The fourth-order valence-corrected chi connectivity index (χ4v) is 2.00. The second kappa shape index (κ2) is 4.44. The lowest BCUT2D eigenvalue weighted by atomic mass is 9.85. The Morgan fingerprint density at radius 2 is 2.00 bits per heavy atom. The largest absolute Gasteiger partial charge is 0.481 e. The van der Waals surface area contributed by atoms with Gasteiger partial charge in [0.2, 0.25) is 5.91 Å². The number of hydrogen-bond donors (Lipinski definition) is 1. The first-order chi connectivity index (χ1) is 6.52. The van der Waals surface area contributed by atoms with Crippen molar-refractivity contribution in [3.63, 3.8) is 0 Å². The fourth-order valence-electron chi connectivity index (χ4n) is 2.00. The minimum absolute atomic E-state index is 0.0149. The Hall–Kier alpha value is -1.06. The zero-order valence-electron chi connectivity index (χ0n) is 8.69. The molecule has 1 fully saturated rings. The SMILES string of the molecule is CC(=O)N(C)C1CCCC(C(=O)O)C1. The Morgan fingerprint density at radius 3 is 2.50 bits per heavy atom. The van der Waals surface area contributed by atoms with Gasteiger partial charge in [0.25, 0.3) is 0 Å². The first-order valence-corrected chi connectivity index (χ1v) is 4.98. The van der Waals surface area contributed by atoms with Crippen molar-refractivity contribution in [3.8, 4) is 0 Å². The van der Waals surface area contributed by atoms with Crippen LogP contribution in [0.4, 0.5) is 0 Å². The number of aliphatic carboxylic acids is 1. The summed E-state index contributed by atoms with van der Waals surface area (Å²) >= 11 is 0. The summed E-state index contributed by atoms with van der Waals surface area (Å²) in [6.45, 7) is 1.52. The molecule has 1 amide bonds. The number of carbonyl (C=O) groups is 2. The molecular weight excluding hydrogens is 182 g/mol. The third-order valence-electron chi connectivity index (χ3n) is 3.04. The summed E-state index contributed by atoms with van der Waals surface area (Å²) < 4.78 is 0. The van der Waals surface area contributed by atoms with E-state index in [2.05, 4.69) is 0 Å². The van der Waals surface area contributed by atoms with E-state index in [-0.39, 0.29) is 17.9 Å². The van der Waals surface area contributed by atoms with E-state index in [1.165, 1.54) is 6.92 Å². The molecule has 0 spiro atoms. The molecule has 1 aliphatic rings. The van der Waals surface area contributed by atoms with Crippen molar-refractivity contribution in [1.82, 2.24) is 4.90 Å². The highest BCUT2D eigenvalue weighted by atomic mass is 16.4. The lowest BCUT2D eigenvalue weighted by Crippen LogP contribution is -2.40. The molecule has 0 aromatic carbocycles. The molecule has 1 saturated carbocycles. The summed E-state index contributed by atoms with van der Waals surface area (Å²) in [4.78, 5) is 23.5. The van der Waals surface area contributed by atoms with Gasteiger partial charge in [0.15, 0.2) is 0 Å². The van der Waals surface area contributed by atoms with E-state index in [0.29, 0.717) is 6.42 Å².